The number of nitrogens with one attached hydrogen (secondary N) is 1. The van der Waals surface area contributed by atoms with Crippen LogP contribution >= 0.6 is 11.6 Å². The molecule has 2 aromatic carbocycles. The Morgan fingerprint density at radius 2 is 2.00 bits per heavy atom. The van der Waals surface area contributed by atoms with Gasteiger partial charge in [-0.1, -0.05) is 35.9 Å². The molecule has 2 atom stereocenters. The Morgan fingerprint density at radius 3 is 2.60 bits per heavy atom. The van der Waals surface area contributed by atoms with Crippen LogP contribution in [0.15, 0.2) is 42.5 Å². The van der Waals surface area contributed by atoms with Gasteiger partial charge < -0.3 is 10.4 Å². The molecule has 1 amide bonds. The fourth-order valence-corrected chi connectivity index (χ4v) is 3.28. The predicted molar refractivity (Wildman–Crippen MR) is 92.8 cm³/mol. The average molecular weight is 362 g/mol. The Morgan fingerprint density at radius 1 is 1.32 bits per heavy atom. The maximum atomic E-state index is 13.9. The number of rotatable bonds is 4. The zero-order valence-electron chi connectivity index (χ0n) is 13.6. The minimum atomic E-state index is -1.38. The number of carboxylic acid groups (broad SMARTS) is 1. The normalized spacial score (nSPS) is 22.7. The van der Waals surface area contributed by atoms with Crippen LogP contribution in [0.2, 0.25) is 5.02 Å². The van der Waals surface area contributed by atoms with E-state index < -0.39 is 17.3 Å². The average Bonchev–Trinajstić information content (AvgIpc) is 2.86. The third-order valence-electron chi connectivity index (χ3n) is 4.64. The molecule has 0 saturated carbocycles. The predicted octanol–water partition coefficient (Wildman–Crippen LogP) is 3.67. The summed E-state index contributed by atoms with van der Waals surface area (Å²) in [5, 5.41) is 12.4. The highest BCUT2D eigenvalue weighted by Crippen LogP contribution is 2.32. The molecule has 4 nitrogen and oxygen atoms in total. The molecular formula is C19H17ClFNO3. The first-order valence-corrected chi connectivity index (χ1v) is 8.26. The number of aliphatic carboxylic acids is 1. The number of halogens is 2. The van der Waals surface area contributed by atoms with Gasteiger partial charge in [0.25, 0.3) is 0 Å². The van der Waals surface area contributed by atoms with Crippen molar-refractivity contribution in [2.24, 2.45) is 5.41 Å². The van der Waals surface area contributed by atoms with Crippen molar-refractivity contribution >= 4 is 23.5 Å². The van der Waals surface area contributed by atoms with Crippen molar-refractivity contribution in [1.82, 2.24) is 5.32 Å². The molecule has 0 radical (unpaired) electrons. The summed E-state index contributed by atoms with van der Waals surface area (Å²) in [6.45, 7) is 1.44. The van der Waals surface area contributed by atoms with Gasteiger partial charge in [-0.2, -0.15) is 0 Å². The molecule has 3 rings (SSSR count). The Balaban J connectivity index is 1.75. The monoisotopic (exact) mass is 361 g/mol. The van der Waals surface area contributed by atoms with Gasteiger partial charge in [0.15, 0.2) is 0 Å². The van der Waals surface area contributed by atoms with E-state index in [0.29, 0.717) is 22.6 Å². The second-order valence-corrected chi connectivity index (χ2v) is 6.97. The van der Waals surface area contributed by atoms with E-state index in [1.54, 1.807) is 18.2 Å². The van der Waals surface area contributed by atoms with E-state index in [9.17, 15) is 19.1 Å². The first-order valence-electron chi connectivity index (χ1n) is 7.88. The maximum absolute atomic E-state index is 13.9. The highest BCUT2D eigenvalue weighted by Gasteiger charge is 2.48. The minimum Gasteiger partial charge on any atom is -0.480 e. The van der Waals surface area contributed by atoms with Crippen LogP contribution in [0.5, 0.6) is 0 Å². The second kappa shape index (κ2) is 6.48. The minimum absolute atomic E-state index is 0.234. The highest BCUT2D eigenvalue weighted by atomic mass is 35.5. The largest absolute Gasteiger partial charge is 0.480 e. The third kappa shape index (κ3) is 3.37. The SMILES string of the molecule is CC1(C(=O)O)CC(Cc2ccc(-c3cc(Cl)ccc3F)cc2)NC1=O. The van der Waals surface area contributed by atoms with E-state index >= 15 is 0 Å². The Bertz CT molecular complexity index is 837. The molecule has 6 heteroatoms. The van der Waals surface area contributed by atoms with Gasteiger partial charge in [0, 0.05) is 16.6 Å². The summed E-state index contributed by atoms with van der Waals surface area (Å²) < 4.78 is 13.9. The van der Waals surface area contributed by atoms with Crippen molar-refractivity contribution in [2.75, 3.05) is 0 Å². The summed E-state index contributed by atoms with van der Waals surface area (Å²) in [5.41, 5.74) is 0.682. The molecule has 2 aromatic rings. The lowest BCUT2D eigenvalue weighted by Crippen LogP contribution is -2.36. The van der Waals surface area contributed by atoms with Crippen molar-refractivity contribution in [3.8, 4) is 11.1 Å². The van der Waals surface area contributed by atoms with Gasteiger partial charge in [-0.05, 0) is 49.1 Å². The van der Waals surface area contributed by atoms with Crippen LogP contribution in [0.4, 0.5) is 4.39 Å². The summed E-state index contributed by atoms with van der Waals surface area (Å²) in [6.07, 6.45) is 0.763. The van der Waals surface area contributed by atoms with Crippen LogP contribution in [-0.4, -0.2) is 23.0 Å². The summed E-state index contributed by atoms with van der Waals surface area (Å²) in [6, 6.07) is 11.4. The number of carboxylic acids is 1. The molecule has 1 aliphatic rings. The smallest absolute Gasteiger partial charge is 0.318 e. The summed E-state index contributed by atoms with van der Waals surface area (Å²) in [5.74, 6) is -1.92. The van der Waals surface area contributed by atoms with Gasteiger partial charge >= 0.3 is 5.97 Å². The van der Waals surface area contributed by atoms with Crippen molar-refractivity contribution < 1.29 is 19.1 Å². The van der Waals surface area contributed by atoms with Gasteiger partial charge in [0.05, 0.1) is 0 Å². The lowest BCUT2D eigenvalue weighted by Gasteiger charge is -2.14. The van der Waals surface area contributed by atoms with Gasteiger partial charge in [0.2, 0.25) is 5.91 Å². The first kappa shape index (κ1) is 17.4. The number of benzene rings is 2. The number of amides is 1. The molecule has 1 aliphatic heterocycles. The summed E-state index contributed by atoms with van der Waals surface area (Å²) in [7, 11) is 0. The van der Waals surface area contributed by atoms with Crippen molar-refractivity contribution in [1.29, 1.82) is 0 Å². The molecule has 0 spiro atoms. The fraction of sp³-hybridized carbons (Fsp3) is 0.263. The van der Waals surface area contributed by atoms with Crippen LogP contribution in [0.1, 0.15) is 18.9 Å². The molecule has 1 fully saturated rings. The van der Waals surface area contributed by atoms with Crippen LogP contribution in [0.25, 0.3) is 11.1 Å². The Kier molecular flexibility index (Phi) is 4.52. The lowest BCUT2D eigenvalue weighted by molar-refractivity contribution is -0.152. The summed E-state index contributed by atoms with van der Waals surface area (Å²) >= 11 is 5.92. The fourth-order valence-electron chi connectivity index (χ4n) is 3.11. The number of carbonyl (C=O) groups is 2. The second-order valence-electron chi connectivity index (χ2n) is 6.54. The van der Waals surface area contributed by atoms with Gasteiger partial charge in [-0.3, -0.25) is 9.59 Å². The molecule has 130 valence electrons. The third-order valence-corrected chi connectivity index (χ3v) is 4.87. The zero-order chi connectivity index (χ0) is 18.2. The summed E-state index contributed by atoms with van der Waals surface area (Å²) in [4.78, 5) is 23.2. The number of hydrogen-bond acceptors (Lipinski definition) is 2. The van der Waals surface area contributed by atoms with E-state index in [2.05, 4.69) is 5.32 Å². The van der Waals surface area contributed by atoms with Gasteiger partial charge in [-0.15, -0.1) is 0 Å². The van der Waals surface area contributed by atoms with Crippen LogP contribution in [0.3, 0.4) is 0 Å². The van der Waals surface area contributed by atoms with E-state index in [4.69, 9.17) is 11.6 Å². The molecule has 0 bridgehead atoms. The molecular weight excluding hydrogens is 345 g/mol. The number of hydrogen-bond donors (Lipinski definition) is 2. The molecule has 0 aromatic heterocycles. The van der Waals surface area contributed by atoms with Crippen LogP contribution in [-0.2, 0) is 16.0 Å². The van der Waals surface area contributed by atoms with Gasteiger partial charge in [-0.25, -0.2) is 4.39 Å². The Labute approximate surface area is 149 Å². The lowest BCUT2D eigenvalue weighted by atomic mass is 9.86. The van der Waals surface area contributed by atoms with Gasteiger partial charge in [0.1, 0.15) is 11.2 Å². The topological polar surface area (TPSA) is 66.4 Å². The molecule has 0 aliphatic carbocycles. The van der Waals surface area contributed by atoms with E-state index in [-0.39, 0.29) is 18.3 Å². The quantitative estimate of drug-likeness (QED) is 0.816. The van der Waals surface area contributed by atoms with E-state index in [0.717, 1.165) is 5.56 Å². The molecule has 2 N–H and O–H groups in total. The van der Waals surface area contributed by atoms with Crippen molar-refractivity contribution in [3.63, 3.8) is 0 Å². The molecule has 25 heavy (non-hydrogen) atoms. The van der Waals surface area contributed by atoms with Crippen LogP contribution in [0, 0.1) is 11.2 Å². The van der Waals surface area contributed by atoms with Crippen LogP contribution < -0.4 is 5.32 Å². The standard InChI is InChI=1S/C19H17ClFNO3/c1-19(18(24)25)10-14(22-17(19)23)8-11-2-4-12(5-3-11)15-9-13(20)6-7-16(15)21/h2-7,9,14H,8,10H2,1H3,(H,22,23)(H,24,25). The molecule has 1 heterocycles. The zero-order valence-corrected chi connectivity index (χ0v) is 14.3. The van der Waals surface area contributed by atoms with E-state index in [1.165, 1.54) is 19.1 Å². The van der Waals surface area contributed by atoms with E-state index in [1.807, 2.05) is 12.1 Å². The molecule has 2 unspecified atom stereocenters. The first-order chi connectivity index (χ1) is 11.8. The Hall–Kier alpha value is -2.40. The highest BCUT2D eigenvalue weighted by molar-refractivity contribution is 6.30. The molecule has 1 saturated heterocycles. The number of carbonyl (C=O) groups excluding carboxylic acids is 1. The van der Waals surface area contributed by atoms with Crippen molar-refractivity contribution in [3.05, 3.63) is 58.9 Å². The van der Waals surface area contributed by atoms with Crippen molar-refractivity contribution in [2.45, 2.75) is 25.8 Å². The maximum Gasteiger partial charge on any atom is 0.318 e.